The van der Waals surface area contributed by atoms with Crippen LogP contribution in [0.3, 0.4) is 0 Å². The highest BCUT2D eigenvalue weighted by molar-refractivity contribution is 7.00. The minimum atomic E-state index is -0.906. The average Bonchev–Trinajstić information content (AvgIpc) is 1.52. The van der Waals surface area contributed by atoms with Gasteiger partial charge < -0.3 is 18.9 Å². The van der Waals surface area contributed by atoms with Crippen molar-refractivity contribution < 1.29 is 24.7 Å². The van der Waals surface area contributed by atoms with Crippen LogP contribution in [0.5, 0.6) is 0 Å². The number of hydrogen-bond acceptors (Lipinski definition) is 2. The van der Waals surface area contributed by atoms with Crippen molar-refractivity contribution in [2.24, 2.45) is 0 Å². The minimum absolute atomic E-state index is 0.0816. The molecule has 2 aliphatic heterocycles. The molecule has 0 aliphatic carbocycles. The summed E-state index contributed by atoms with van der Waals surface area (Å²) in [5, 5.41) is 1.24. The molecule has 0 saturated heterocycles. The summed E-state index contributed by atoms with van der Waals surface area (Å²) in [7, 11) is 0. The van der Waals surface area contributed by atoms with Gasteiger partial charge in [0.25, 0.3) is 6.71 Å². The van der Waals surface area contributed by atoms with Crippen LogP contribution in [0.15, 0.2) is 327 Å². The van der Waals surface area contributed by atoms with Crippen LogP contribution in [0.4, 0.5) is 34.1 Å². The van der Waals surface area contributed by atoms with Gasteiger partial charge >= 0.3 is 0 Å². The fourth-order valence-corrected chi connectivity index (χ4v) is 14.3. The maximum Gasteiger partial charge on any atom is 0.252 e. The van der Waals surface area contributed by atoms with E-state index in [2.05, 4.69) is 71.5 Å². The molecule has 18 rings (SSSR count). The van der Waals surface area contributed by atoms with Gasteiger partial charge in [-0.3, -0.25) is 0 Å². The van der Waals surface area contributed by atoms with Crippen molar-refractivity contribution in [1.29, 1.82) is 0 Å². The fraction of sp³-hybridized carbons (Fsp3) is 0.0455. The Balaban J connectivity index is 1.12. The Kier molecular flexibility index (Phi) is 8.97. The van der Waals surface area contributed by atoms with Gasteiger partial charge in [-0.2, -0.15) is 0 Å². The van der Waals surface area contributed by atoms with Crippen LogP contribution in [0.25, 0.3) is 111 Å². The van der Waals surface area contributed by atoms with Gasteiger partial charge in [-0.05, 0) is 139 Å². The molecule has 2 aliphatic rings. The maximum atomic E-state index is 10.1. The first-order chi connectivity index (χ1) is 53.3. The lowest BCUT2D eigenvalue weighted by Crippen LogP contribution is -2.61. The van der Waals surface area contributed by atoms with Crippen LogP contribution in [-0.2, 0) is 5.41 Å². The molecule has 93 heavy (non-hydrogen) atoms. The summed E-state index contributed by atoms with van der Waals surface area (Å²) in [5.74, 6) is 0. The van der Waals surface area contributed by atoms with Gasteiger partial charge in [-0.25, -0.2) is 0 Å². The summed E-state index contributed by atoms with van der Waals surface area (Å²) < 4.78 is 174. The van der Waals surface area contributed by atoms with Gasteiger partial charge in [-0.1, -0.05) is 275 Å². The lowest BCUT2D eigenvalue weighted by molar-refractivity contribution is 0.591. The first-order valence-electron chi connectivity index (χ1n) is 40.0. The second kappa shape index (κ2) is 21.5. The van der Waals surface area contributed by atoms with Crippen LogP contribution >= 0.6 is 0 Å². The third-order valence-electron chi connectivity index (χ3n) is 18.4. The van der Waals surface area contributed by atoms with Crippen LogP contribution in [0.1, 0.15) is 51.0 Å². The van der Waals surface area contributed by atoms with Gasteiger partial charge in [0.2, 0.25) is 0 Å². The van der Waals surface area contributed by atoms with Crippen molar-refractivity contribution in [1.82, 2.24) is 9.13 Å². The number of hydrogen-bond donors (Lipinski definition) is 0. The first kappa shape index (κ1) is 38.8. The van der Waals surface area contributed by atoms with Gasteiger partial charge in [-0.15, -0.1) is 0 Å². The summed E-state index contributed by atoms with van der Waals surface area (Å²) in [4.78, 5) is 4.27. The third kappa shape index (κ3) is 8.68. The molecule has 5 heteroatoms. The highest BCUT2D eigenvalue weighted by Gasteiger charge is 2.46. The molecule has 0 bridgehead atoms. The zero-order valence-corrected chi connectivity index (χ0v) is 50.7. The van der Waals surface area contributed by atoms with Crippen molar-refractivity contribution in [3.05, 3.63) is 333 Å². The van der Waals surface area contributed by atoms with Gasteiger partial charge in [0.05, 0.1) is 63.8 Å². The van der Waals surface area contributed by atoms with E-state index in [1.54, 1.807) is 12.1 Å². The topological polar surface area (TPSA) is 16.3 Å². The van der Waals surface area contributed by atoms with Gasteiger partial charge in [0.1, 0.15) is 0 Å². The number of fused-ring (bicyclic) bond motifs is 10. The minimum Gasteiger partial charge on any atom is -0.310 e. The molecule has 0 amide bonds. The SMILES string of the molecule is [2H]c1c([2H])c([2H])c(-c2ccc3c(c2)N(c2c(-c4ccccc4)cc(C(C)(C)C)cc2-c2ccccc2)c2cc(-n4c5c([2H])c([2H])c([2H])c([2H])c5c5c([2H])c([2H])c([2H])c([2H])c54)cc4c2B3c2ccc(-c3c([2H])c([2H])c([2H])c([2H])c3[2H])cc2N4c2c(-c3ccccc3)ccc3c2c2ccccc2n3-c2ccccc2)c([2H])c1[2H]. The van der Waals surface area contributed by atoms with E-state index in [1.165, 1.54) is 4.57 Å². The van der Waals surface area contributed by atoms with E-state index < -0.39 is 121 Å². The maximum absolute atomic E-state index is 10.1. The van der Waals surface area contributed by atoms with E-state index in [0.29, 0.717) is 56.1 Å². The predicted molar refractivity (Wildman–Crippen MR) is 395 cm³/mol. The Morgan fingerprint density at radius 3 is 1.29 bits per heavy atom. The second-order valence-corrected chi connectivity index (χ2v) is 24.6. The summed E-state index contributed by atoms with van der Waals surface area (Å²) in [6.45, 7) is 5.52. The van der Waals surface area contributed by atoms with E-state index in [0.717, 1.165) is 60.9 Å². The van der Waals surface area contributed by atoms with Crippen molar-refractivity contribution in [2.45, 2.75) is 26.2 Å². The molecule has 16 aromatic rings. The smallest absolute Gasteiger partial charge is 0.252 e. The highest BCUT2D eigenvalue weighted by atomic mass is 15.2. The highest BCUT2D eigenvalue weighted by Crippen LogP contribution is 2.55. The standard InChI is InChI=1S/C88H63BN4/c1-88(2,3)65-54-72(61-34-16-7-17-35-61)86(73(55-65)62-36-18-8-19-37-62)92-80-52-63(58-28-10-4-11-29-58)46-49-74(80)89-75-50-47-64(59-30-12-5-13-31-59)53-81(75)93(83-57-67(56-82(92)85(83)89)91-76-43-25-22-40-69(76)70-41-23-26-44-77(70)91)87-68(60-32-14-6-15-33-60)48-51-79-84(87)71-42-24-27-45-78(71)90(79)66-38-20-9-21-39-66/h4-57H,1-3H3/i4D,5D,10D,11D,12D,13D,22D,23D,25D,26D,28D,29D,30D,31D,40D,41D,43D,44D. The lowest BCUT2D eigenvalue weighted by atomic mass is 9.33. The van der Waals surface area contributed by atoms with Crippen LogP contribution < -0.4 is 26.2 Å². The van der Waals surface area contributed by atoms with Crippen LogP contribution in [0.2, 0.25) is 0 Å². The molecule has 0 fully saturated rings. The van der Waals surface area contributed by atoms with E-state index >= 15 is 0 Å². The van der Waals surface area contributed by atoms with Crippen LogP contribution in [-0.4, -0.2) is 15.8 Å². The molecule has 2 aromatic heterocycles. The molecule has 438 valence electrons. The van der Waals surface area contributed by atoms with Crippen molar-refractivity contribution >= 4 is 101 Å². The first-order valence-corrected chi connectivity index (χ1v) is 31.0. The number of aromatic nitrogens is 2. The van der Waals surface area contributed by atoms with E-state index in [-0.39, 0.29) is 49.7 Å². The normalized spacial score (nSPS) is 15.3. The number of benzene rings is 14. The van der Waals surface area contributed by atoms with Crippen LogP contribution in [0, 0.1) is 0 Å². The van der Waals surface area contributed by atoms with Crippen molar-refractivity contribution in [3.8, 4) is 67.0 Å². The Bertz CT molecular complexity index is 6550. The van der Waals surface area contributed by atoms with E-state index in [9.17, 15) is 16.4 Å². The molecule has 4 heterocycles. The quantitative estimate of drug-likeness (QED) is 0.134. The fourth-order valence-electron chi connectivity index (χ4n) is 14.3. The molecule has 4 nitrogen and oxygen atoms in total. The molecule has 0 atom stereocenters. The zero-order chi connectivity index (χ0) is 77.6. The summed E-state index contributed by atoms with van der Waals surface area (Å²) in [6, 6.07) is 61.3. The Morgan fingerprint density at radius 2 is 0.763 bits per heavy atom. The number of nitrogens with zero attached hydrogens (tertiary/aromatic N) is 4. The summed E-state index contributed by atoms with van der Waals surface area (Å²) >= 11 is 0. The number of rotatable bonds is 9. The monoisotopic (exact) mass is 1200 g/mol. The summed E-state index contributed by atoms with van der Waals surface area (Å²) in [6.07, 6.45) is 0. The van der Waals surface area contributed by atoms with Gasteiger partial charge in [0, 0.05) is 66.7 Å². The Morgan fingerprint density at radius 1 is 0.312 bits per heavy atom. The van der Waals surface area contributed by atoms with Gasteiger partial charge in [0.15, 0.2) is 0 Å². The lowest BCUT2D eigenvalue weighted by Gasteiger charge is -2.46. The molecule has 0 saturated carbocycles. The number of anilines is 6. The summed E-state index contributed by atoms with van der Waals surface area (Å²) in [5.41, 5.74) is 12.5. The third-order valence-corrected chi connectivity index (χ3v) is 18.4. The largest absolute Gasteiger partial charge is 0.310 e. The predicted octanol–water partition coefficient (Wildman–Crippen LogP) is 21.6. The van der Waals surface area contributed by atoms with Crippen molar-refractivity contribution in [2.75, 3.05) is 9.80 Å². The molecule has 14 aromatic carbocycles. The zero-order valence-electron chi connectivity index (χ0n) is 68.7. The molecule has 0 spiro atoms. The average molecular weight is 1210 g/mol. The molecule has 0 radical (unpaired) electrons. The Hall–Kier alpha value is -11.7. The molecular weight excluding hydrogens is 1120 g/mol. The number of para-hydroxylation sites is 4. The molecule has 0 N–H and O–H groups in total. The second-order valence-electron chi connectivity index (χ2n) is 24.6. The van der Waals surface area contributed by atoms with E-state index in [1.807, 2.05) is 170 Å². The van der Waals surface area contributed by atoms with Crippen molar-refractivity contribution in [3.63, 3.8) is 0 Å². The Labute approximate surface area is 568 Å². The molecule has 0 unspecified atom stereocenters. The van der Waals surface area contributed by atoms with E-state index in [4.69, 9.17) is 8.22 Å². The molecular formula is C88H63BN4.